The minimum atomic E-state index is -0.0670. The summed E-state index contributed by atoms with van der Waals surface area (Å²) < 4.78 is 2.21. The molecule has 0 atom stereocenters. The standard InChI is InChI=1S/C21H31N5O/c1-3-5-13-22-21(27)26(18-11-9-10-17(4-2)15-18)16-20-24-23-19-12-7-6-8-14-25(19)20/h9-11,15H,3-8,12-14,16H2,1-2H3,(H,22,27). The lowest BCUT2D eigenvalue weighted by Crippen LogP contribution is -2.40. The third-order valence-corrected chi connectivity index (χ3v) is 5.17. The number of carbonyl (C=O) groups is 1. The molecule has 0 unspecified atom stereocenters. The number of anilines is 1. The highest BCUT2D eigenvalue weighted by Crippen LogP contribution is 2.21. The number of nitrogens with zero attached hydrogens (tertiary/aromatic N) is 4. The number of rotatable bonds is 7. The SMILES string of the molecule is CCCCNC(=O)N(Cc1nnc2n1CCCCC2)c1cccc(CC)c1. The topological polar surface area (TPSA) is 63.1 Å². The molecule has 1 N–H and O–H groups in total. The third kappa shape index (κ3) is 4.87. The average molecular weight is 370 g/mol. The molecule has 1 aromatic carbocycles. The quantitative estimate of drug-likeness (QED) is 0.748. The Morgan fingerprint density at radius 2 is 2.11 bits per heavy atom. The van der Waals surface area contributed by atoms with Crippen molar-refractivity contribution >= 4 is 11.7 Å². The van der Waals surface area contributed by atoms with Gasteiger partial charge in [0.05, 0.1) is 6.54 Å². The van der Waals surface area contributed by atoms with Crippen LogP contribution in [-0.2, 0) is 25.9 Å². The minimum Gasteiger partial charge on any atom is -0.338 e. The molecule has 2 amide bonds. The van der Waals surface area contributed by atoms with Crippen LogP contribution in [0.3, 0.4) is 0 Å². The molecule has 1 aliphatic heterocycles. The third-order valence-electron chi connectivity index (χ3n) is 5.17. The molecule has 0 aliphatic carbocycles. The van der Waals surface area contributed by atoms with E-state index in [0.29, 0.717) is 13.1 Å². The van der Waals surface area contributed by atoms with Gasteiger partial charge >= 0.3 is 6.03 Å². The van der Waals surface area contributed by atoms with Gasteiger partial charge in [0.15, 0.2) is 5.82 Å². The fourth-order valence-corrected chi connectivity index (χ4v) is 3.50. The van der Waals surface area contributed by atoms with Gasteiger partial charge in [-0.05, 0) is 43.4 Å². The van der Waals surface area contributed by atoms with Gasteiger partial charge in [-0.1, -0.05) is 38.8 Å². The summed E-state index contributed by atoms with van der Waals surface area (Å²) in [6.45, 7) is 6.33. The van der Waals surface area contributed by atoms with E-state index in [1.165, 1.54) is 12.0 Å². The highest BCUT2D eigenvalue weighted by atomic mass is 16.2. The van der Waals surface area contributed by atoms with Crippen molar-refractivity contribution in [2.45, 2.75) is 71.9 Å². The first-order valence-corrected chi connectivity index (χ1v) is 10.3. The van der Waals surface area contributed by atoms with Crippen LogP contribution >= 0.6 is 0 Å². The van der Waals surface area contributed by atoms with E-state index in [1.54, 1.807) is 4.90 Å². The highest BCUT2D eigenvalue weighted by Gasteiger charge is 2.21. The number of benzene rings is 1. The molecule has 6 nitrogen and oxygen atoms in total. The van der Waals surface area contributed by atoms with Crippen LogP contribution in [-0.4, -0.2) is 27.3 Å². The molecule has 0 spiro atoms. The lowest BCUT2D eigenvalue weighted by Gasteiger charge is -2.24. The van der Waals surface area contributed by atoms with E-state index in [-0.39, 0.29) is 6.03 Å². The molecule has 0 bridgehead atoms. The molecule has 0 radical (unpaired) electrons. The van der Waals surface area contributed by atoms with Crippen LogP contribution in [0.4, 0.5) is 10.5 Å². The summed E-state index contributed by atoms with van der Waals surface area (Å²) in [6.07, 6.45) is 7.49. The molecule has 2 aromatic rings. The van der Waals surface area contributed by atoms with Gasteiger partial charge in [-0.25, -0.2) is 4.79 Å². The average Bonchev–Trinajstić information content (AvgIpc) is 2.92. The number of carbonyl (C=O) groups excluding carboxylic acids is 1. The Kier molecular flexibility index (Phi) is 6.85. The molecule has 1 aliphatic rings. The number of aromatic nitrogens is 3. The molecule has 0 saturated heterocycles. The van der Waals surface area contributed by atoms with Crippen molar-refractivity contribution in [3.8, 4) is 0 Å². The monoisotopic (exact) mass is 369 g/mol. The predicted octanol–water partition coefficient (Wildman–Crippen LogP) is 4.08. The molecule has 2 heterocycles. The van der Waals surface area contributed by atoms with Crippen LogP contribution in [0.25, 0.3) is 0 Å². The van der Waals surface area contributed by atoms with Crippen molar-refractivity contribution in [2.75, 3.05) is 11.4 Å². The first-order valence-electron chi connectivity index (χ1n) is 10.3. The smallest absolute Gasteiger partial charge is 0.322 e. The summed E-state index contributed by atoms with van der Waals surface area (Å²) in [7, 11) is 0. The maximum Gasteiger partial charge on any atom is 0.322 e. The van der Waals surface area contributed by atoms with E-state index in [9.17, 15) is 4.79 Å². The second kappa shape index (κ2) is 9.53. The van der Waals surface area contributed by atoms with Gasteiger partial charge in [-0.2, -0.15) is 0 Å². The summed E-state index contributed by atoms with van der Waals surface area (Å²) in [6, 6.07) is 8.14. The Morgan fingerprint density at radius 1 is 1.22 bits per heavy atom. The maximum absolute atomic E-state index is 12.9. The van der Waals surface area contributed by atoms with Crippen LogP contribution in [0.15, 0.2) is 24.3 Å². The van der Waals surface area contributed by atoms with Crippen molar-refractivity contribution in [1.29, 1.82) is 0 Å². The van der Waals surface area contributed by atoms with Gasteiger partial charge in [0.25, 0.3) is 0 Å². The Hall–Kier alpha value is -2.37. The summed E-state index contributed by atoms with van der Waals surface area (Å²) in [5.74, 6) is 1.93. The molecule has 146 valence electrons. The minimum absolute atomic E-state index is 0.0670. The van der Waals surface area contributed by atoms with Crippen molar-refractivity contribution in [2.24, 2.45) is 0 Å². The number of urea groups is 1. The van der Waals surface area contributed by atoms with Gasteiger partial charge < -0.3 is 9.88 Å². The Bertz CT molecular complexity index is 755. The van der Waals surface area contributed by atoms with E-state index >= 15 is 0 Å². The summed E-state index contributed by atoms with van der Waals surface area (Å²) in [4.78, 5) is 14.7. The first kappa shape index (κ1) is 19.4. The van der Waals surface area contributed by atoms with E-state index in [0.717, 1.165) is 62.4 Å². The van der Waals surface area contributed by atoms with Crippen LogP contribution in [0, 0.1) is 0 Å². The van der Waals surface area contributed by atoms with E-state index < -0.39 is 0 Å². The number of aryl methyl sites for hydroxylation is 2. The van der Waals surface area contributed by atoms with E-state index in [4.69, 9.17) is 0 Å². The number of nitrogens with one attached hydrogen (secondary N) is 1. The molecule has 1 aromatic heterocycles. The van der Waals surface area contributed by atoms with Gasteiger partial charge in [-0.15, -0.1) is 10.2 Å². The summed E-state index contributed by atoms with van der Waals surface area (Å²) in [5, 5.41) is 11.9. The second-order valence-corrected chi connectivity index (χ2v) is 7.19. The lowest BCUT2D eigenvalue weighted by atomic mass is 10.1. The predicted molar refractivity (Wildman–Crippen MR) is 108 cm³/mol. The number of hydrogen-bond donors (Lipinski definition) is 1. The first-order chi connectivity index (χ1) is 13.2. The zero-order valence-corrected chi connectivity index (χ0v) is 16.6. The van der Waals surface area contributed by atoms with Gasteiger partial charge in [-0.3, -0.25) is 4.90 Å². The lowest BCUT2D eigenvalue weighted by molar-refractivity contribution is 0.245. The van der Waals surface area contributed by atoms with E-state index in [2.05, 4.69) is 46.1 Å². The molecular formula is C21H31N5O. The Morgan fingerprint density at radius 3 is 2.93 bits per heavy atom. The van der Waals surface area contributed by atoms with Crippen LogP contribution < -0.4 is 10.2 Å². The van der Waals surface area contributed by atoms with Gasteiger partial charge in [0.2, 0.25) is 0 Å². The molecule has 0 fully saturated rings. The fraction of sp³-hybridized carbons (Fsp3) is 0.571. The van der Waals surface area contributed by atoms with E-state index in [1.807, 2.05) is 12.1 Å². The van der Waals surface area contributed by atoms with Crippen LogP contribution in [0.1, 0.15) is 63.2 Å². The number of unbranched alkanes of at least 4 members (excludes halogenated alkanes) is 1. The zero-order chi connectivity index (χ0) is 19.1. The van der Waals surface area contributed by atoms with Crippen molar-refractivity contribution < 1.29 is 4.79 Å². The normalized spacial score (nSPS) is 13.7. The zero-order valence-electron chi connectivity index (χ0n) is 16.6. The Labute approximate surface area is 162 Å². The van der Waals surface area contributed by atoms with Gasteiger partial charge in [0, 0.05) is 25.2 Å². The molecule has 3 rings (SSSR count). The van der Waals surface area contributed by atoms with Crippen molar-refractivity contribution in [3.63, 3.8) is 0 Å². The summed E-state index contributed by atoms with van der Waals surface area (Å²) in [5.41, 5.74) is 2.13. The number of fused-ring (bicyclic) bond motifs is 1. The summed E-state index contributed by atoms with van der Waals surface area (Å²) >= 11 is 0. The molecule has 0 saturated carbocycles. The van der Waals surface area contributed by atoms with Crippen LogP contribution in [0.2, 0.25) is 0 Å². The van der Waals surface area contributed by atoms with Crippen molar-refractivity contribution in [3.05, 3.63) is 41.5 Å². The van der Waals surface area contributed by atoms with Crippen molar-refractivity contribution in [1.82, 2.24) is 20.1 Å². The van der Waals surface area contributed by atoms with Crippen LogP contribution in [0.5, 0.6) is 0 Å². The Balaban J connectivity index is 1.85. The highest BCUT2D eigenvalue weighted by molar-refractivity contribution is 5.91. The molecule has 6 heteroatoms. The van der Waals surface area contributed by atoms with Gasteiger partial charge in [0.1, 0.15) is 5.82 Å². The number of hydrogen-bond acceptors (Lipinski definition) is 3. The number of amides is 2. The molecular weight excluding hydrogens is 338 g/mol. The largest absolute Gasteiger partial charge is 0.338 e. The molecule has 27 heavy (non-hydrogen) atoms. The maximum atomic E-state index is 12.9. The second-order valence-electron chi connectivity index (χ2n) is 7.19. The fourth-order valence-electron chi connectivity index (χ4n) is 3.50.